The van der Waals surface area contributed by atoms with Gasteiger partial charge in [-0.25, -0.2) is 23.3 Å². The molecule has 0 unspecified atom stereocenters. The van der Waals surface area contributed by atoms with E-state index >= 15 is 0 Å². The smallest absolute Gasteiger partial charge is 0.354 e. The average Bonchev–Trinajstić information content (AvgIpc) is 3.09. The molecule has 7 nitrogen and oxygen atoms in total. The van der Waals surface area contributed by atoms with Gasteiger partial charge in [-0.3, -0.25) is 4.79 Å². The van der Waals surface area contributed by atoms with Crippen LogP contribution in [0.25, 0.3) is 11.1 Å². The highest BCUT2D eigenvalue weighted by Crippen LogP contribution is 2.37. The van der Waals surface area contributed by atoms with Crippen LogP contribution in [-0.4, -0.2) is 50.2 Å². The Morgan fingerprint density at radius 1 is 1.22 bits per heavy atom. The van der Waals surface area contributed by atoms with Crippen LogP contribution in [0, 0.1) is 0 Å². The molecule has 1 fully saturated rings. The van der Waals surface area contributed by atoms with Gasteiger partial charge in [-0.05, 0) is 42.5 Å². The van der Waals surface area contributed by atoms with Crippen molar-refractivity contribution in [3.63, 3.8) is 0 Å². The fourth-order valence-corrected chi connectivity index (χ4v) is 4.48. The van der Waals surface area contributed by atoms with E-state index in [9.17, 15) is 26.7 Å². The minimum Gasteiger partial charge on any atom is -0.354 e. The zero-order chi connectivity index (χ0) is 25.5. The number of nitrogens with zero attached hydrogens (tertiary/aromatic N) is 4. The largest absolute Gasteiger partial charge is 0.390 e. The molecule has 2 aliphatic carbocycles. The van der Waals surface area contributed by atoms with E-state index in [2.05, 4.69) is 25.7 Å². The predicted molar refractivity (Wildman–Crippen MR) is 122 cm³/mol. The Hall–Kier alpha value is -3.57. The van der Waals surface area contributed by atoms with Crippen LogP contribution in [0.5, 0.6) is 0 Å². The van der Waals surface area contributed by atoms with E-state index in [-0.39, 0.29) is 30.9 Å². The van der Waals surface area contributed by atoms with E-state index < -0.39 is 30.5 Å². The van der Waals surface area contributed by atoms with Gasteiger partial charge in [0.1, 0.15) is 0 Å². The molecule has 1 amide bonds. The molecule has 3 aromatic heterocycles. The summed E-state index contributed by atoms with van der Waals surface area (Å²) < 4.78 is 65.2. The van der Waals surface area contributed by atoms with Crippen molar-refractivity contribution < 1.29 is 26.7 Å². The lowest BCUT2D eigenvalue weighted by atomic mass is 9.88. The maximum Gasteiger partial charge on any atom is 0.390 e. The Bertz CT molecular complexity index is 1320. The summed E-state index contributed by atoms with van der Waals surface area (Å²) in [5.41, 5.74) is 3.92. The molecule has 3 aromatic rings. The van der Waals surface area contributed by atoms with Gasteiger partial charge in [0.25, 0.3) is 11.8 Å². The molecular formula is C24H23F5N6O. The number of allylic oxidation sites excluding steroid dienone is 1. The van der Waals surface area contributed by atoms with Gasteiger partial charge < -0.3 is 10.6 Å². The second-order valence-electron chi connectivity index (χ2n) is 9.09. The SMILES string of the molecule is O=C(NC1CC(F)(F)C1)c1cnn2ccc(C3=CCCCc4nc(NCCC(F)(F)F)ncc43)cc12. The lowest BCUT2D eigenvalue weighted by molar-refractivity contribution is -0.131. The van der Waals surface area contributed by atoms with Crippen LogP contribution in [0.4, 0.5) is 27.9 Å². The lowest BCUT2D eigenvalue weighted by Gasteiger charge is -2.35. The summed E-state index contributed by atoms with van der Waals surface area (Å²) in [6.45, 7) is -0.313. The molecule has 2 aliphatic rings. The molecule has 0 radical (unpaired) electrons. The van der Waals surface area contributed by atoms with E-state index in [0.29, 0.717) is 11.9 Å². The number of aryl methyl sites for hydroxylation is 1. The van der Waals surface area contributed by atoms with Crippen LogP contribution >= 0.6 is 0 Å². The van der Waals surface area contributed by atoms with Crippen molar-refractivity contribution in [3.8, 4) is 0 Å². The van der Waals surface area contributed by atoms with Crippen molar-refractivity contribution in [1.29, 1.82) is 0 Å². The van der Waals surface area contributed by atoms with Gasteiger partial charge in [0, 0.05) is 43.4 Å². The minimum absolute atomic E-state index is 0.144. The van der Waals surface area contributed by atoms with E-state index in [0.717, 1.165) is 35.2 Å². The Balaban J connectivity index is 1.39. The molecule has 0 saturated heterocycles. The van der Waals surface area contributed by atoms with Gasteiger partial charge in [-0.1, -0.05) is 6.08 Å². The highest BCUT2D eigenvalue weighted by Gasteiger charge is 2.46. The van der Waals surface area contributed by atoms with Gasteiger partial charge in [0.2, 0.25) is 5.95 Å². The minimum atomic E-state index is -4.26. The van der Waals surface area contributed by atoms with Crippen LogP contribution < -0.4 is 10.6 Å². The Morgan fingerprint density at radius 2 is 2.03 bits per heavy atom. The number of aromatic nitrogens is 4. The molecule has 36 heavy (non-hydrogen) atoms. The second-order valence-corrected chi connectivity index (χ2v) is 9.09. The molecule has 5 rings (SSSR count). The van der Waals surface area contributed by atoms with Crippen LogP contribution in [0.2, 0.25) is 0 Å². The van der Waals surface area contributed by atoms with Crippen LogP contribution in [0.3, 0.4) is 0 Å². The first-order chi connectivity index (χ1) is 17.1. The van der Waals surface area contributed by atoms with Crippen molar-refractivity contribution in [2.75, 3.05) is 11.9 Å². The van der Waals surface area contributed by atoms with Crippen molar-refractivity contribution in [2.24, 2.45) is 0 Å². The third-order valence-electron chi connectivity index (χ3n) is 6.32. The number of amides is 1. The number of nitrogens with one attached hydrogen (secondary N) is 2. The summed E-state index contributed by atoms with van der Waals surface area (Å²) in [5, 5.41) is 9.47. The Labute approximate surface area is 202 Å². The normalized spacial score (nSPS) is 17.6. The van der Waals surface area contributed by atoms with Gasteiger partial charge >= 0.3 is 6.18 Å². The standard InChI is InChI=1S/C24H23F5N6O/c25-23(26)10-15(11-23)33-21(36)18-13-32-35-8-5-14(9-20(18)35)16-3-1-2-4-19-17(16)12-31-22(34-19)30-7-6-24(27,28)29/h3,5,8-9,12-13,15H,1-2,4,6-7,10-11H2,(H,33,36)(H,30,31,34). The topological polar surface area (TPSA) is 84.2 Å². The summed E-state index contributed by atoms with van der Waals surface area (Å²) >= 11 is 0. The van der Waals surface area contributed by atoms with E-state index in [4.69, 9.17) is 0 Å². The molecule has 0 aromatic carbocycles. The summed E-state index contributed by atoms with van der Waals surface area (Å²) in [5.74, 6) is -3.05. The number of alkyl halides is 5. The van der Waals surface area contributed by atoms with Gasteiger partial charge in [-0.2, -0.15) is 18.3 Å². The molecule has 0 atom stereocenters. The molecule has 0 bridgehead atoms. The van der Waals surface area contributed by atoms with E-state index in [1.807, 2.05) is 12.1 Å². The van der Waals surface area contributed by atoms with Gasteiger partial charge in [0.15, 0.2) is 0 Å². The summed E-state index contributed by atoms with van der Waals surface area (Å²) in [6.07, 6.45) is 2.97. The maximum absolute atomic E-state index is 13.1. The molecule has 2 N–H and O–H groups in total. The lowest BCUT2D eigenvalue weighted by Crippen LogP contribution is -2.50. The monoisotopic (exact) mass is 506 g/mol. The number of hydrogen-bond donors (Lipinski definition) is 2. The number of pyridine rings is 1. The first kappa shape index (κ1) is 24.1. The second kappa shape index (κ2) is 9.14. The maximum atomic E-state index is 13.1. The third kappa shape index (κ3) is 5.17. The first-order valence-electron chi connectivity index (χ1n) is 11.6. The van der Waals surface area contributed by atoms with Crippen LogP contribution in [-0.2, 0) is 6.42 Å². The first-order valence-corrected chi connectivity index (χ1v) is 11.6. The zero-order valence-corrected chi connectivity index (χ0v) is 19.1. The molecular weight excluding hydrogens is 483 g/mol. The Kier molecular flexibility index (Phi) is 6.13. The number of carbonyl (C=O) groups is 1. The highest BCUT2D eigenvalue weighted by molar-refractivity contribution is 6.01. The molecule has 12 heteroatoms. The number of halogens is 5. The number of carbonyl (C=O) groups excluding carboxylic acids is 1. The summed E-state index contributed by atoms with van der Waals surface area (Å²) in [4.78, 5) is 21.4. The van der Waals surface area contributed by atoms with Crippen LogP contribution in [0.15, 0.2) is 36.8 Å². The predicted octanol–water partition coefficient (Wildman–Crippen LogP) is 4.78. The quantitative estimate of drug-likeness (QED) is 0.470. The molecule has 3 heterocycles. The van der Waals surface area contributed by atoms with Gasteiger partial charge in [-0.15, -0.1) is 0 Å². The average molecular weight is 506 g/mol. The highest BCUT2D eigenvalue weighted by atomic mass is 19.4. The van der Waals surface area contributed by atoms with E-state index in [1.54, 1.807) is 18.5 Å². The van der Waals surface area contributed by atoms with Crippen molar-refractivity contribution in [1.82, 2.24) is 24.9 Å². The summed E-state index contributed by atoms with van der Waals surface area (Å²) in [6, 6.07) is 3.07. The zero-order valence-electron chi connectivity index (χ0n) is 19.1. The number of hydrogen-bond acceptors (Lipinski definition) is 5. The molecule has 0 spiro atoms. The van der Waals surface area contributed by atoms with Crippen LogP contribution in [0.1, 0.15) is 59.3 Å². The fraction of sp³-hybridized carbons (Fsp3) is 0.417. The molecule has 1 saturated carbocycles. The number of fused-ring (bicyclic) bond motifs is 2. The summed E-state index contributed by atoms with van der Waals surface area (Å²) in [7, 11) is 0. The van der Waals surface area contributed by atoms with E-state index in [1.165, 1.54) is 10.7 Å². The third-order valence-corrected chi connectivity index (χ3v) is 6.32. The number of anilines is 1. The van der Waals surface area contributed by atoms with Crippen molar-refractivity contribution in [2.45, 2.75) is 56.7 Å². The number of rotatable bonds is 6. The molecule has 190 valence electrons. The van der Waals surface area contributed by atoms with Crippen molar-refractivity contribution in [3.05, 3.63) is 59.2 Å². The Morgan fingerprint density at radius 3 is 2.78 bits per heavy atom. The van der Waals surface area contributed by atoms with Gasteiger partial charge in [0.05, 0.1) is 29.4 Å². The molecule has 0 aliphatic heterocycles. The fourth-order valence-electron chi connectivity index (χ4n) is 4.48. The van der Waals surface area contributed by atoms with Crippen molar-refractivity contribution >= 4 is 22.9 Å².